The molecule has 1 fully saturated rings. The lowest BCUT2D eigenvalue weighted by atomic mass is 10.1. The van der Waals surface area contributed by atoms with Gasteiger partial charge in [0.1, 0.15) is 0 Å². The van der Waals surface area contributed by atoms with Gasteiger partial charge < -0.3 is 4.90 Å². The van der Waals surface area contributed by atoms with Crippen molar-refractivity contribution < 1.29 is 4.79 Å². The van der Waals surface area contributed by atoms with Crippen molar-refractivity contribution >= 4 is 12.0 Å². The van der Waals surface area contributed by atoms with E-state index >= 15 is 0 Å². The Kier molecular flexibility index (Phi) is 4.33. The Labute approximate surface area is 137 Å². The zero-order valence-corrected chi connectivity index (χ0v) is 14.0. The second kappa shape index (κ2) is 6.41. The number of carbonyl (C=O) groups is 1. The maximum Gasteiger partial charge on any atom is 0.247 e. The van der Waals surface area contributed by atoms with Crippen LogP contribution in [0, 0.1) is 13.8 Å². The molecule has 0 N–H and O–H groups in total. The molecule has 4 heteroatoms. The second-order valence-corrected chi connectivity index (χ2v) is 6.22. The number of nitrogens with zero attached hydrogens (tertiary/aromatic N) is 3. The SMILES string of the molecule is Cc1nn(C)c(C)c1/C=C\C(=O)N(Cc1ccccc1)C1CC1. The molecule has 1 amide bonds. The third-order valence-electron chi connectivity index (χ3n) is 4.42. The quantitative estimate of drug-likeness (QED) is 0.795. The van der Waals surface area contributed by atoms with Crippen LogP contribution in [0.3, 0.4) is 0 Å². The average Bonchev–Trinajstić information content (AvgIpc) is 3.34. The Morgan fingerprint density at radius 3 is 2.57 bits per heavy atom. The van der Waals surface area contributed by atoms with Crippen molar-refractivity contribution in [2.24, 2.45) is 7.05 Å². The molecular formula is C19H23N3O. The van der Waals surface area contributed by atoms with Crippen molar-refractivity contribution in [3.63, 3.8) is 0 Å². The summed E-state index contributed by atoms with van der Waals surface area (Å²) in [6.07, 6.45) is 5.81. The molecule has 0 atom stereocenters. The van der Waals surface area contributed by atoms with E-state index in [-0.39, 0.29) is 5.91 Å². The van der Waals surface area contributed by atoms with E-state index in [2.05, 4.69) is 17.2 Å². The van der Waals surface area contributed by atoms with Crippen LogP contribution in [0.5, 0.6) is 0 Å². The lowest BCUT2D eigenvalue weighted by molar-refractivity contribution is -0.127. The smallest absolute Gasteiger partial charge is 0.247 e. The van der Waals surface area contributed by atoms with Crippen LogP contribution in [0.15, 0.2) is 36.4 Å². The topological polar surface area (TPSA) is 38.1 Å². The van der Waals surface area contributed by atoms with Crippen LogP contribution in [0.4, 0.5) is 0 Å². The molecule has 1 aromatic heterocycles. The standard InChI is InChI=1S/C19H23N3O/c1-14-18(15(2)21(3)20-14)11-12-19(23)22(17-9-10-17)13-16-7-5-4-6-8-16/h4-8,11-12,17H,9-10,13H2,1-3H3/b12-11-. The van der Waals surface area contributed by atoms with E-state index in [4.69, 9.17) is 0 Å². The summed E-state index contributed by atoms with van der Waals surface area (Å²) in [5.41, 5.74) is 4.24. The Morgan fingerprint density at radius 1 is 1.30 bits per heavy atom. The van der Waals surface area contributed by atoms with Gasteiger partial charge in [0.2, 0.25) is 5.91 Å². The summed E-state index contributed by atoms with van der Waals surface area (Å²) in [5.74, 6) is 0.0824. The van der Waals surface area contributed by atoms with Gasteiger partial charge >= 0.3 is 0 Å². The van der Waals surface area contributed by atoms with E-state index in [1.807, 2.05) is 54.8 Å². The molecule has 1 aromatic carbocycles. The number of amides is 1. The van der Waals surface area contributed by atoms with Crippen molar-refractivity contribution in [2.45, 2.75) is 39.3 Å². The fourth-order valence-corrected chi connectivity index (χ4v) is 2.83. The zero-order valence-electron chi connectivity index (χ0n) is 14.0. The number of benzene rings is 1. The fourth-order valence-electron chi connectivity index (χ4n) is 2.83. The average molecular weight is 309 g/mol. The minimum Gasteiger partial charge on any atom is -0.332 e. The van der Waals surface area contributed by atoms with Gasteiger partial charge in [-0.2, -0.15) is 5.10 Å². The highest BCUT2D eigenvalue weighted by Crippen LogP contribution is 2.29. The molecule has 1 aliphatic carbocycles. The lowest BCUT2D eigenvalue weighted by Crippen LogP contribution is -2.31. The highest BCUT2D eigenvalue weighted by Gasteiger charge is 2.31. The van der Waals surface area contributed by atoms with E-state index in [0.717, 1.165) is 29.8 Å². The van der Waals surface area contributed by atoms with Crippen molar-refractivity contribution in [3.8, 4) is 0 Å². The van der Waals surface area contributed by atoms with Gasteiger partial charge in [-0.05, 0) is 38.3 Å². The van der Waals surface area contributed by atoms with E-state index in [9.17, 15) is 4.79 Å². The van der Waals surface area contributed by atoms with Gasteiger partial charge in [-0.1, -0.05) is 30.3 Å². The lowest BCUT2D eigenvalue weighted by Gasteiger charge is -2.21. The number of hydrogen-bond acceptors (Lipinski definition) is 2. The summed E-state index contributed by atoms with van der Waals surface area (Å²) in [5, 5.41) is 4.39. The maximum atomic E-state index is 12.6. The molecule has 3 rings (SSSR count). The number of carbonyl (C=O) groups excluding carboxylic acids is 1. The number of hydrogen-bond donors (Lipinski definition) is 0. The zero-order chi connectivity index (χ0) is 16.4. The van der Waals surface area contributed by atoms with Crippen molar-refractivity contribution in [2.75, 3.05) is 0 Å². The molecule has 0 spiro atoms. The first-order valence-corrected chi connectivity index (χ1v) is 8.09. The molecule has 0 radical (unpaired) electrons. The van der Waals surface area contributed by atoms with Crippen LogP contribution < -0.4 is 0 Å². The van der Waals surface area contributed by atoms with Crippen LogP contribution in [0.1, 0.15) is 35.4 Å². The van der Waals surface area contributed by atoms with Crippen LogP contribution in [-0.2, 0) is 18.4 Å². The van der Waals surface area contributed by atoms with Gasteiger partial charge in [0.15, 0.2) is 0 Å². The summed E-state index contributed by atoms with van der Waals surface area (Å²) in [7, 11) is 1.92. The first kappa shape index (κ1) is 15.5. The molecule has 1 aliphatic rings. The summed E-state index contributed by atoms with van der Waals surface area (Å²) < 4.78 is 1.85. The summed E-state index contributed by atoms with van der Waals surface area (Å²) in [6, 6.07) is 10.6. The molecule has 0 aliphatic heterocycles. The molecule has 120 valence electrons. The van der Waals surface area contributed by atoms with Crippen molar-refractivity contribution in [3.05, 3.63) is 58.9 Å². The van der Waals surface area contributed by atoms with Crippen LogP contribution in [0.25, 0.3) is 6.08 Å². The molecule has 23 heavy (non-hydrogen) atoms. The van der Waals surface area contributed by atoms with Gasteiger partial charge in [0, 0.05) is 37.0 Å². The van der Waals surface area contributed by atoms with E-state index in [1.165, 1.54) is 5.56 Å². The van der Waals surface area contributed by atoms with Gasteiger partial charge in [0.25, 0.3) is 0 Å². The van der Waals surface area contributed by atoms with Crippen molar-refractivity contribution in [1.82, 2.24) is 14.7 Å². The minimum atomic E-state index is 0.0824. The minimum absolute atomic E-state index is 0.0824. The van der Waals surface area contributed by atoms with E-state index in [1.54, 1.807) is 6.08 Å². The Morgan fingerprint density at radius 2 is 2.00 bits per heavy atom. The Balaban J connectivity index is 1.75. The van der Waals surface area contributed by atoms with Crippen molar-refractivity contribution in [1.29, 1.82) is 0 Å². The molecule has 0 saturated heterocycles. The summed E-state index contributed by atoms with van der Waals surface area (Å²) >= 11 is 0. The van der Waals surface area contributed by atoms with Crippen LogP contribution in [-0.4, -0.2) is 26.6 Å². The normalized spacial score (nSPS) is 14.4. The van der Waals surface area contributed by atoms with Gasteiger partial charge in [0.05, 0.1) is 5.69 Å². The number of aromatic nitrogens is 2. The van der Waals surface area contributed by atoms with Gasteiger partial charge in [-0.25, -0.2) is 0 Å². The second-order valence-electron chi connectivity index (χ2n) is 6.22. The number of rotatable bonds is 5. The van der Waals surface area contributed by atoms with E-state index < -0.39 is 0 Å². The molecule has 0 bridgehead atoms. The molecule has 1 saturated carbocycles. The molecule has 4 nitrogen and oxygen atoms in total. The fraction of sp³-hybridized carbons (Fsp3) is 0.368. The Bertz CT molecular complexity index is 727. The van der Waals surface area contributed by atoms with Gasteiger partial charge in [-0.15, -0.1) is 0 Å². The van der Waals surface area contributed by atoms with Gasteiger partial charge in [-0.3, -0.25) is 9.48 Å². The van der Waals surface area contributed by atoms with Crippen LogP contribution in [0.2, 0.25) is 0 Å². The Hall–Kier alpha value is -2.36. The molecule has 2 aromatic rings. The highest BCUT2D eigenvalue weighted by molar-refractivity contribution is 5.92. The van der Waals surface area contributed by atoms with Crippen LogP contribution >= 0.6 is 0 Å². The first-order chi connectivity index (χ1) is 11.1. The third-order valence-corrected chi connectivity index (χ3v) is 4.42. The molecule has 0 unspecified atom stereocenters. The maximum absolute atomic E-state index is 12.6. The summed E-state index contributed by atoms with van der Waals surface area (Å²) in [6.45, 7) is 4.67. The predicted octanol–water partition coefficient (Wildman–Crippen LogP) is 3.24. The monoisotopic (exact) mass is 309 g/mol. The van der Waals surface area contributed by atoms with E-state index in [0.29, 0.717) is 12.6 Å². The summed E-state index contributed by atoms with van der Waals surface area (Å²) in [4.78, 5) is 14.6. The highest BCUT2D eigenvalue weighted by atomic mass is 16.2. The largest absolute Gasteiger partial charge is 0.332 e. The number of aryl methyl sites for hydroxylation is 2. The predicted molar refractivity (Wildman–Crippen MR) is 91.7 cm³/mol. The molecular weight excluding hydrogens is 286 g/mol. The first-order valence-electron chi connectivity index (χ1n) is 8.09. The third kappa shape index (κ3) is 3.52. The molecule has 1 heterocycles.